The summed E-state index contributed by atoms with van der Waals surface area (Å²) in [4.78, 5) is 41.4. The highest BCUT2D eigenvalue weighted by atomic mass is 16.5. The Morgan fingerprint density at radius 3 is 2.82 bits per heavy atom. The van der Waals surface area contributed by atoms with Crippen LogP contribution in [0.1, 0.15) is 25.3 Å². The first kappa shape index (κ1) is 18.4. The van der Waals surface area contributed by atoms with Crippen molar-refractivity contribution in [2.75, 3.05) is 13.2 Å². The molecular weight excluding hydrogens is 366 g/mol. The number of nitrogens with zero attached hydrogens (tertiary/aromatic N) is 3. The van der Waals surface area contributed by atoms with E-state index < -0.39 is 17.7 Å². The molecular formula is C19H21N3O6. The van der Waals surface area contributed by atoms with Crippen LogP contribution in [0.25, 0.3) is 10.9 Å². The van der Waals surface area contributed by atoms with Crippen LogP contribution in [0.15, 0.2) is 29.3 Å². The van der Waals surface area contributed by atoms with Crippen molar-refractivity contribution in [1.82, 2.24) is 14.5 Å². The molecule has 9 heteroatoms. The number of hydrogen-bond donors (Lipinski definition) is 2. The van der Waals surface area contributed by atoms with Gasteiger partial charge in [-0.15, -0.1) is 0 Å². The van der Waals surface area contributed by atoms with Crippen molar-refractivity contribution in [2.24, 2.45) is 5.92 Å². The largest absolute Gasteiger partial charge is 0.465 e. The van der Waals surface area contributed by atoms with Crippen LogP contribution in [-0.4, -0.2) is 55.9 Å². The molecule has 0 spiro atoms. The van der Waals surface area contributed by atoms with E-state index in [1.807, 2.05) is 0 Å². The molecule has 2 aliphatic rings. The summed E-state index contributed by atoms with van der Waals surface area (Å²) in [5, 5.41) is 20.8. The first-order chi connectivity index (χ1) is 13.3. The molecule has 1 aromatic carbocycles. The SMILES string of the molecule is CCOC(=O)Cn1cnc2ccc(C3(O)CC4CC3CN4C(=O)O)cc2c1=O. The normalized spacial score (nSPS) is 26.0. The van der Waals surface area contributed by atoms with Gasteiger partial charge in [0.2, 0.25) is 0 Å². The summed E-state index contributed by atoms with van der Waals surface area (Å²) in [5.74, 6) is -0.744. The molecule has 1 aliphatic heterocycles. The number of carbonyl (C=O) groups is 2. The zero-order valence-corrected chi connectivity index (χ0v) is 15.4. The van der Waals surface area contributed by atoms with Gasteiger partial charge in [-0.1, -0.05) is 6.07 Å². The number of amides is 1. The van der Waals surface area contributed by atoms with Gasteiger partial charge in [-0.25, -0.2) is 9.78 Å². The third-order valence-electron chi connectivity index (χ3n) is 5.81. The quantitative estimate of drug-likeness (QED) is 0.748. The second-order valence-corrected chi connectivity index (χ2v) is 7.36. The van der Waals surface area contributed by atoms with E-state index in [4.69, 9.17) is 4.74 Å². The molecule has 2 N–H and O–H groups in total. The lowest BCUT2D eigenvalue weighted by Crippen LogP contribution is -2.46. The number of carboxylic acid groups (broad SMARTS) is 1. The number of carbonyl (C=O) groups excluding carboxylic acids is 1. The molecule has 1 aromatic heterocycles. The fourth-order valence-electron chi connectivity index (χ4n) is 4.46. The Morgan fingerprint density at radius 2 is 2.18 bits per heavy atom. The van der Waals surface area contributed by atoms with Gasteiger partial charge in [-0.3, -0.25) is 14.2 Å². The Hall–Kier alpha value is -2.94. The number of benzene rings is 1. The highest BCUT2D eigenvalue weighted by molar-refractivity contribution is 5.79. The fraction of sp³-hybridized carbons (Fsp3) is 0.474. The summed E-state index contributed by atoms with van der Waals surface area (Å²) in [6, 6.07) is 4.78. The maximum Gasteiger partial charge on any atom is 0.407 e. The number of hydrogen-bond acceptors (Lipinski definition) is 6. The molecule has 4 rings (SSSR count). The topological polar surface area (TPSA) is 122 Å². The van der Waals surface area contributed by atoms with Crippen molar-refractivity contribution >= 4 is 23.0 Å². The Labute approximate surface area is 160 Å². The van der Waals surface area contributed by atoms with Crippen molar-refractivity contribution in [2.45, 2.75) is 38.0 Å². The van der Waals surface area contributed by atoms with Crippen LogP contribution in [0.5, 0.6) is 0 Å². The van der Waals surface area contributed by atoms with Gasteiger partial charge in [-0.05, 0) is 31.0 Å². The van der Waals surface area contributed by atoms with E-state index in [0.717, 1.165) is 0 Å². The van der Waals surface area contributed by atoms with E-state index in [1.54, 1.807) is 25.1 Å². The minimum absolute atomic E-state index is 0.218. The van der Waals surface area contributed by atoms with Crippen molar-refractivity contribution in [3.63, 3.8) is 0 Å². The van der Waals surface area contributed by atoms with Gasteiger partial charge in [-0.2, -0.15) is 0 Å². The predicted octanol–water partition coefficient (Wildman–Crippen LogP) is 0.919. The van der Waals surface area contributed by atoms with Gasteiger partial charge in [0.05, 0.1) is 29.4 Å². The Bertz CT molecular complexity index is 1020. The Morgan fingerprint density at radius 1 is 1.39 bits per heavy atom. The monoisotopic (exact) mass is 387 g/mol. The van der Waals surface area contributed by atoms with Gasteiger partial charge >= 0.3 is 12.1 Å². The van der Waals surface area contributed by atoms with Crippen molar-refractivity contribution in [3.8, 4) is 0 Å². The third kappa shape index (κ3) is 2.82. The molecule has 1 aliphatic carbocycles. The lowest BCUT2D eigenvalue weighted by molar-refractivity contribution is -0.143. The highest BCUT2D eigenvalue weighted by Gasteiger charge is 2.55. The first-order valence-corrected chi connectivity index (χ1v) is 9.20. The van der Waals surface area contributed by atoms with E-state index in [9.17, 15) is 24.6 Å². The number of fused-ring (bicyclic) bond motifs is 3. The summed E-state index contributed by atoms with van der Waals surface area (Å²) >= 11 is 0. The van der Waals surface area contributed by atoms with Gasteiger partial charge in [0.25, 0.3) is 5.56 Å². The third-order valence-corrected chi connectivity index (χ3v) is 5.81. The highest BCUT2D eigenvalue weighted by Crippen LogP contribution is 2.50. The molecule has 2 heterocycles. The van der Waals surface area contributed by atoms with E-state index in [0.29, 0.717) is 29.3 Å². The van der Waals surface area contributed by atoms with E-state index in [-0.39, 0.29) is 37.2 Å². The Kier molecular flexibility index (Phi) is 4.34. The van der Waals surface area contributed by atoms with Crippen LogP contribution in [0.4, 0.5) is 4.79 Å². The molecule has 3 unspecified atom stereocenters. The maximum absolute atomic E-state index is 12.8. The number of rotatable bonds is 4. The number of aromatic nitrogens is 2. The van der Waals surface area contributed by atoms with Crippen LogP contribution in [0.2, 0.25) is 0 Å². The summed E-state index contributed by atoms with van der Waals surface area (Å²) < 4.78 is 6.06. The molecule has 148 valence electrons. The van der Waals surface area contributed by atoms with E-state index in [2.05, 4.69) is 4.98 Å². The number of ether oxygens (including phenoxy) is 1. The minimum atomic E-state index is -1.18. The van der Waals surface area contributed by atoms with Crippen LogP contribution < -0.4 is 5.56 Å². The molecule has 1 amide bonds. The summed E-state index contributed by atoms with van der Waals surface area (Å²) in [5.41, 5.74) is -0.532. The van der Waals surface area contributed by atoms with Crippen LogP contribution in [-0.2, 0) is 21.7 Å². The molecule has 3 atom stereocenters. The lowest BCUT2D eigenvalue weighted by Gasteiger charge is -2.37. The number of aliphatic hydroxyl groups is 1. The average molecular weight is 387 g/mol. The standard InChI is InChI=1S/C19H21N3O6/c1-2-28-16(23)9-21-10-20-15-4-3-11(6-14(15)17(21)24)19(27)7-13-5-12(19)8-22(13)18(25)26/h3-4,6,10,12-13,27H,2,5,7-9H2,1H3,(H,25,26). The molecule has 28 heavy (non-hydrogen) atoms. The molecule has 2 fully saturated rings. The van der Waals surface area contributed by atoms with E-state index in [1.165, 1.54) is 15.8 Å². The van der Waals surface area contributed by atoms with Crippen molar-refractivity contribution in [1.29, 1.82) is 0 Å². The number of likely N-dealkylation sites (tertiary alicyclic amines) is 1. The second kappa shape index (κ2) is 6.59. The second-order valence-electron chi connectivity index (χ2n) is 7.36. The maximum atomic E-state index is 12.8. The average Bonchev–Trinajstić information content (AvgIpc) is 3.22. The molecule has 9 nitrogen and oxygen atoms in total. The van der Waals surface area contributed by atoms with E-state index >= 15 is 0 Å². The van der Waals surface area contributed by atoms with Crippen LogP contribution >= 0.6 is 0 Å². The lowest BCUT2D eigenvalue weighted by atomic mass is 9.82. The number of esters is 1. The number of piperidine rings is 1. The van der Waals surface area contributed by atoms with Gasteiger partial charge in [0.1, 0.15) is 6.54 Å². The fourth-order valence-corrected chi connectivity index (χ4v) is 4.46. The smallest absolute Gasteiger partial charge is 0.407 e. The summed E-state index contributed by atoms with van der Waals surface area (Å²) in [6.45, 7) is 1.95. The van der Waals surface area contributed by atoms with Crippen LogP contribution in [0, 0.1) is 5.92 Å². The first-order valence-electron chi connectivity index (χ1n) is 9.20. The Balaban J connectivity index is 1.68. The summed E-state index contributed by atoms with van der Waals surface area (Å²) in [7, 11) is 0. The van der Waals surface area contributed by atoms with Crippen molar-refractivity contribution in [3.05, 3.63) is 40.4 Å². The zero-order chi connectivity index (χ0) is 20.1. The molecule has 1 saturated heterocycles. The molecule has 2 bridgehead atoms. The van der Waals surface area contributed by atoms with Gasteiger partial charge < -0.3 is 19.8 Å². The van der Waals surface area contributed by atoms with Gasteiger partial charge in [0.15, 0.2) is 0 Å². The summed E-state index contributed by atoms with van der Waals surface area (Å²) in [6.07, 6.45) is 1.23. The zero-order valence-electron chi connectivity index (χ0n) is 15.4. The molecule has 1 saturated carbocycles. The van der Waals surface area contributed by atoms with Crippen molar-refractivity contribution < 1.29 is 24.5 Å². The van der Waals surface area contributed by atoms with Crippen LogP contribution in [0.3, 0.4) is 0 Å². The molecule has 2 aromatic rings. The predicted molar refractivity (Wildman–Crippen MR) is 97.8 cm³/mol. The van der Waals surface area contributed by atoms with Gasteiger partial charge in [0, 0.05) is 24.9 Å². The molecule has 0 radical (unpaired) electrons. The minimum Gasteiger partial charge on any atom is -0.465 e.